The maximum absolute atomic E-state index is 13.2. The molecule has 0 aromatic heterocycles. The number of carbonyl (C=O) groups excluding carboxylic acids is 1. The first-order valence-corrected chi connectivity index (χ1v) is 12.7. The molecule has 8 heteroatoms. The van der Waals surface area contributed by atoms with E-state index in [-0.39, 0.29) is 24.3 Å². The van der Waals surface area contributed by atoms with Crippen LogP contribution in [0.2, 0.25) is 0 Å². The van der Waals surface area contributed by atoms with Crippen LogP contribution in [0.5, 0.6) is 5.75 Å². The minimum Gasteiger partial charge on any atom is -0.496 e. The number of amides is 1. The van der Waals surface area contributed by atoms with Gasteiger partial charge in [-0.3, -0.25) is 9.10 Å². The van der Waals surface area contributed by atoms with E-state index < -0.39 is 10.0 Å². The van der Waals surface area contributed by atoms with Gasteiger partial charge in [0.1, 0.15) is 11.6 Å². The van der Waals surface area contributed by atoms with Crippen LogP contribution in [-0.4, -0.2) is 27.7 Å². The summed E-state index contributed by atoms with van der Waals surface area (Å²) < 4.78 is 44.5. The number of halogens is 1. The molecule has 0 aliphatic carbocycles. The molecule has 0 aliphatic rings. The molecule has 0 saturated carbocycles. The molecule has 0 unspecified atom stereocenters. The van der Waals surface area contributed by atoms with Crippen molar-refractivity contribution in [3.63, 3.8) is 0 Å². The Labute approximate surface area is 200 Å². The van der Waals surface area contributed by atoms with Crippen molar-refractivity contribution in [1.82, 2.24) is 5.32 Å². The molecule has 6 nitrogen and oxygen atoms in total. The standard InChI is InChI=1S/C26H29FN2O4S/c1-5-24(21-10-15-25(33-3)18(2)16-21)28-26(30)20-8-13-23(14-9-20)29(34(4,31)32)17-19-6-11-22(27)12-7-19/h6-16,24H,5,17H2,1-4H3,(H,28,30)/t24-/m0/s1. The van der Waals surface area contributed by atoms with Crippen LogP contribution < -0.4 is 14.4 Å². The zero-order valence-corrected chi connectivity index (χ0v) is 20.5. The lowest BCUT2D eigenvalue weighted by molar-refractivity contribution is 0.0935. The second-order valence-electron chi connectivity index (χ2n) is 8.11. The molecule has 0 bridgehead atoms. The Morgan fingerprint density at radius 3 is 2.24 bits per heavy atom. The quantitative estimate of drug-likeness (QED) is 0.464. The smallest absolute Gasteiger partial charge is 0.251 e. The first-order chi connectivity index (χ1) is 16.1. The monoisotopic (exact) mass is 484 g/mol. The van der Waals surface area contributed by atoms with Crippen molar-refractivity contribution in [1.29, 1.82) is 0 Å². The summed E-state index contributed by atoms with van der Waals surface area (Å²) in [6.07, 6.45) is 1.81. The average molecular weight is 485 g/mol. The molecule has 3 aromatic rings. The lowest BCUT2D eigenvalue weighted by Gasteiger charge is -2.23. The Morgan fingerprint density at radius 2 is 1.71 bits per heavy atom. The van der Waals surface area contributed by atoms with Gasteiger partial charge in [0.15, 0.2) is 0 Å². The summed E-state index contributed by atoms with van der Waals surface area (Å²) in [6.45, 7) is 4.00. The Bertz CT molecular complexity index is 1240. The molecule has 34 heavy (non-hydrogen) atoms. The molecule has 1 atom stereocenters. The van der Waals surface area contributed by atoms with Crippen LogP contribution in [0.25, 0.3) is 0 Å². The van der Waals surface area contributed by atoms with Gasteiger partial charge in [-0.2, -0.15) is 0 Å². The van der Waals surface area contributed by atoms with Crippen LogP contribution in [0.15, 0.2) is 66.7 Å². The van der Waals surface area contributed by atoms with E-state index in [0.717, 1.165) is 23.1 Å². The molecule has 0 aliphatic heterocycles. The number of carbonyl (C=O) groups is 1. The Balaban J connectivity index is 1.77. The van der Waals surface area contributed by atoms with Crippen molar-refractivity contribution in [3.05, 3.63) is 94.8 Å². The van der Waals surface area contributed by atoms with E-state index in [0.29, 0.717) is 23.2 Å². The largest absolute Gasteiger partial charge is 0.496 e. The fourth-order valence-electron chi connectivity index (χ4n) is 3.72. The van der Waals surface area contributed by atoms with Crippen molar-refractivity contribution in [2.45, 2.75) is 32.9 Å². The topological polar surface area (TPSA) is 75.7 Å². The van der Waals surface area contributed by atoms with Crippen molar-refractivity contribution in [2.75, 3.05) is 17.7 Å². The average Bonchev–Trinajstić information content (AvgIpc) is 2.81. The minimum atomic E-state index is -3.60. The van der Waals surface area contributed by atoms with E-state index >= 15 is 0 Å². The fourth-order valence-corrected chi connectivity index (χ4v) is 4.60. The highest BCUT2D eigenvalue weighted by Crippen LogP contribution is 2.25. The van der Waals surface area contributed by atoms with Gasteiger partial charge in [0.2, 0.25) is 10.0 Å². The summed E-state index contributed by atoms with van der Waals surface area (Å²) in [6, 6.07) is 17.7. The molecule has 1 N–H and O–H groups in total. The van der Waals surface area contributed by atoms with Crippen molar-refractivity contribution in [2.24, 2.45) is 0 Å². The normalized spacial score (nSPS) is 12.1. The lowest BCUT2D eigenvalue weighted by Crippen LogP contribution is -2.30. The summed E-state index contributed by atoms with van der Waals surface area (Å²) >= 11 is 0. The maximum atomic E-state index is 13.2. The summed E-state index contributed by atoms with van der Waals surface area (Å²) in [5.41, 5.74) is 3.45. The zero-order valence-electron chi connectivity index (χ0n) is 19.7. The number of methoxy groups -OCH3 is 1. The SMILES string of the molecule is CC[C@H](NC(=O)c1ccc(N(Cc2ccc(F)cc2)S(C)(=O)=O)cc1)c1ccc(OC)c(C)c1. The Morgan fingerprint density at radius 1 is 1.06 bits per heavy atom. The van der Waals surface area contributed by atoms with E-state index in [1.165, 1.54) is 16.4 Å². The number of nitrogens with zero attached hydrogens (tertiary/aromatic N) is 1. The molecule has 3 rings (SSSR count). The molecule has 0 fully saturated rings. The van der Waals surface area contributed by atoms with Gasteiger partial charge < -0.3 is 10.1 Å². The van der Waals surface area contributed by atoms with Crippen LogP contribution >= 0.6 is 0 Å². The van der Waals surface area contributed by atoms with Gasteiger partial charge in [0, 0.05) is 5.56 Å². The summed E-state index contributed by atoms with van der Waals surface area (Å²) in [4.78, 5) is 12.9. The number of aryl methyl sites for hydroxylation is 1. The maximum Gasteiger partial charge on any atom is 0.251 e. The number of ether oxygens (including phenoxy) is 1. The van der Waals surface area contributed by atoms with Crippen LogP contribution in [0.1, 0.15) is 46.4 Å². The predicted molar refractivity (Wildman–Crippen MR) is 132 cm³/mol. The highest BCUT2D eigenvalue weighted by molar-refractivity contribution is 7.92. The number of rotatable bonds is 9. The van der Waals surface area contributed by atoms with Crippen LogP contribution in [0.3, 0.4) is 0 Å². The van der Waals surface area contributed by atoms with Gasteiger partial charge in [0.05, 0.1) is 31.6 Å². The molecular formula is C26H29FN2O4S. The molecule has 1 amide bonds. The minimum absolute atomic E-state index is 0.0549. The van der Waals surface area contributed by atoms with E-state index in [1.54, 1.807) is 43.5 Å². The summed E-state index contributed by atoms with van der Waals surface area (Å²) in [5, 5.41) is 3.04. The van der Waals surface area contributed by atoms with Crippen molar-refractivity contribution in [3.8, 4) is 5.75 Å². The number of nitrogens with one attached hydrogen (secondary N) is 1. The second-order valence-corrected chi connectivity index (χ2v) is 10.0. The number of anilines is 1. The molecule has 0 saturated heterocycles. The van der Waals surface area contributed by atoms with E-state index in [1.807, 2.05) is 32.0 Å². The third kappa shape index (κ3) is 6.14. The van der Waals surface area contributed by atoms with Crippen LogP contribution in [0.4, 0.5) is 10.1 Å². The first kappa shape index (κ1) is 25.2. The second kappa shape index (κ2) is 10.7. The third-order valence-electron chi connectivity index (χ3n) is 5.59. The van der Waals surface area contributed by atoms with Gasteiger partial charge in [-0.25, -0.2) is 12.8 Å². The predicted octanol–water partition coefficient (Wildman–Crippen LogP) is 4.99. The number of sulfonamides is 1. The van der Waals surface area contributed by atoms with E-state index in [4.69, 9.17) is 4.74 Å². The van der Waals surface area contributed by atoms with Gasteiger partial charge >= 0.3 is 0 Å². The lowest BCUT2D eigenvalue weighted by atomic mass is 10.0. The van der Waals surface area contributed by atoms with Gasteiger partial charge in [-0.1, -0.05) is 31.2 Å². The first-order valence-electron chi connectivity index (χ1n) is 10.9. The summed E-state index contributed by atoms with van der Waals surface area (Å²) in [5.74, 6) is 0.146. The highest BCUT2D eigenvalue weighted by Gasteiger charge is 2.20. The molecular weight excluding hydrogens is 455 g/mol. The molecule has 0 radical (unpaired) electrons. The van der Waals surface area contributed by atoms with Crippen LogP contribution in [0, 0.1) is 12.7 Å². The number of hydrogen-bond donors (Lipinski definition) is 1. The van der Waals surface area contributed by atoms with Gasteiger partial charge in [-0.05, 0) is 72.5 Å². The van der Waals surface area contributed by atoms with E-state index in [9.17, 15) is 17.6 Å². The summed E-state index contributed by atoms with van der Waals surface area (Å²) in [7, 11) is -1.98. The fraction of sp³-hybridized carbons (Fsp3) is 0.269. The van der Waals surface area contributed by atoms with Crippen molar-refractivity contribution < 1.29 is 22.3 Å². The van der Waals surface area contributed by atoms with Gasteiger partial charge in [-0.15, -0.1) is 0 Å². The van der Waals surface area contributed by atoms with Crippen molar-refractivity contribution >= 4 is 21.6 Å². The highest BCUT2D eigenvalue weighted by atomic mass is 32.2. The molecule has 0 heterocycles. The van der Waals surface area contributed by atoms with Crippen LogP contribution in [-0.2, 0) is 16.6 Å². The van der Waals surface area contributed by atoms with Gasteiger partial charge in [0.25, 0.3) is 5.91 Å². The third-order valence-corrected chi connectivity index (χ3v) is 6.73. The number of hydrogen-bond acceptors (Lipinski definition) is 4. The van der Waals surface area contributed by atoms with E-state index in [2.05, 4.69) is 5.32 Å². The zero-order chi connectivity index (χ0) is 24.9. The molecule has 3 aromatic carbocycles. The Hall–Kier alpha value is -3.39. The molecule has 0 spiro atoms. The Kier molecular flexibility index (Phi) is 7.94. The number of benzene rings is 3. The molecule has 180 valence electrons.